The van der Waals surface area contributed by atoms with Crippen LogP contribution in [0.3, 0.4) is 0 Å². The van der Waals surface area contributed by atoms with Gasteiger partial charge in [-0.15, -0.1) is 23.5 Å². The van der Waals surface area contributed by atoms with Gasteiger partial charge >= 0.3 is 5.97 Å². The normalized spacial score (nSPS) is 17.7. The molecule has 1 atom stereocenters. The van der Waals surface area contributed by atoms with Gasteiger partial charge in [0.15, 0.2) is 0 Å². The smallest absolute Gasteiger partial charge is 0.320 e. The maximum Gasteiger partial charge on any atom is 0.320 e. The lowest BCUT2D eigenvalue weighted by molar-refractivity contribution is -0.141. The molecular weight excluding hydrogens is 342 g/mol. The summed E-state index contributed by atoms with van der Waals surface area (Å²) in [6.45, 7) is 1.13. The molecule has 0 saturated carbocycles. The van der Waals surface area contributed by atoms with Crippen LogP contribution in [-0.2, 0) is 14.3 Å². The molecule has 0 aliphatic carbocycles. The zero-order valence-corrected chi connectivity index (χ0v) is 15.1. The fourth-order valence-electron chi connectivity index (χ4n) is 2.64. The molecular formula is C18H19NO3S2. The van der Waals surface area contributed by atoms with Gasteiger partial charge in [0.05, 0.1) is 12.9 Å². The second-order valence-electron chi connectivity index (χ2n) is 5.52. The minimum atomic E-state index is -0.265. The van der Waals surface area contributed by atoms with Crippen molar-refractivity contribution in [1.82, 2.24) is 4.90 Å². The standard InChI is InChI=1S/C18H19NO3S2/c1-22-18(21)16-11-19(8-9-23-16)17(20)12-24-15-7-6-13-4-2-3-5-14(13)10-15/h2-7,10,16H,8-9,11-12H2,1H3/t16-/m1/s1. The molecule has 0 aromatic heterocycles. The van der Waals surface area contributed by atoms with Gasteiger partial charge in [-0.3, -0.25) is 9.59 Å². The molecule has 4 nitrogen and oxygen atoms in total. The summed E-state index contributed by atoms with van der Waals surface area (Å²) in [6.07, 6.45) is 0. The van der Waals surface area contributed by atoms with Gasteiger partial charge in [-0.1, -0.05) is 30.3 Å². The summed E-state index contributed by atoms with van der Waals surface area (Å²) in [5, 5.41) is 2.11. The third kappa shape index (κ3) is 4.05. The molecule has 0 unspecified atom stereocenters. The summed E-state index contributed by atoms with van der Waals surface area (Å²) in [7, 11) is 1.39. The molecule has 3 rings (SSSR count). The number of carbonyl (C=O) groups excluding carboxylic acids is 2. The van der Waals surface area contributed by atoms with E-state index in [-0.39, 0.29) is 17.1 Å². The molecule has 126 valence electrons. The molecule has 24 heavy (non-hydrogen) atoms. The summed E-state index contributed by atoms with van der Waals surface area (Å²) in [6, 6.07) is 14.4. The third-order valence-corrected chi connectivity index (χ3v) is 6.11. The largest absolute Gasteiger partial charge is 0.468 e. The molecule has 1 aliphatic rings. The first-order valence-corrected chi connectivity index (χ1v) is 9.79. The van der Waals surface area contributed by atoms with Gasteiger partial charge in [-0.05, 0) is 22.9 Å². The van der Waals surface area contributed by atoms with Crippen molar-refractivity contribution < 1.29 is 14.3 Å². The molecule has 0 radical (unpaired) electrons. The number of benzene rings is 2. The van der Waals surface area contributed by atoms with Crippen LogP contribution in [0.4, 0.5) is 0 Å². The van der Waals surface area contributed by atoms with E-state index in [4.69, 9.17) is 4.74 Å². The summed E-state index contributed by atoms with van der Waals surface area (Å²) in [4.78, 5) is 26.9. The monoisotopic (exact) mass is 361 g/mol. The van der Waals surface area contributed by atoms with Gasteiger partial charge in [0.1, 0.15) is 5.25 Å². The zero-order valence-electron chi connectivity index (χ0n) is 13.4. The predicted octanol–water partition coefficient (Wildman–Crippen LogP) is 3.05. The average Bonchev–Trinajstić information content (AvgIpc) is 2.65. The number of hydrogen-bond donors (Lipinski definition) is 0. The number of rotatable bonds is 4. The molecule has 1 aliphatic heterocycles. The first-order chi connectivity index (χ1) is 11.7. The Hall–Kier alpha value is -1.66. The van der Waals surface area contributed by atoms with Crippen LogP contribution < -0.4 is 0 Å². The Kier molecular flexibility index (Phi) is 5.68. The van der Waals surface area contributed by atoms with Gasteiger partial charge < -0.3 is 9.64 Å². The van der Waals surface area contributed by atoms with Gasteiger partial charge in [-0.2, -0.15) is 0 Å². The lowest BCUT2D eigenvalue weighted by atomic mass is 10.1. The highest BCUT2D eigenvalue weighted by atomic mass is 32.2. The van der Waals surface area contributed by atoms with Crippen molar-refractivity contribution in [1.29, 1.82) is 0 Å². The summed E-state index contributed by atoms with van der Waals surface area (Å²) in [5.74, 6) is 0.977. The van der Waals surface area contributed by atoms with E-state index in [0.717, 1.165) is 10.6 Å². The number of methoxy groups -OCH3 is 1. The fourth-order valence-corrected chi connectivity index (χ4v) is 4.62. The highest BCUT2D eigenvalue weighted by Gasteiger charge is 2.29. The number of hydrogen-bond acceptors (Lipinski definition) is 5. The minimum absolute atomic E-state index is 0.0716. The number of esters is 1. The second-order valence-corrected chi connectivity index (χ2v) is 7.88. The zero-order chi connectivity index (χ0) is 16.9. The van der Waals surface area contributed by atoms with Crippen molar-refractivity contribution >= 4 is 46.2 Å². The highest BCUT2D eigenvalue weighted by molar-refractivity contribution is 8.00. The van der Waals surface area contributed by atoms with Crippen LogP contribution >= 0.6 is 23.5 Å². The first kappa shape index (κ1) is 17.2. The molecule has 2 aromatic rings. The predicted molar refractivity (Wildman–Crippen MR) is 99.5 cm³/mol. The van der Waals surface area contributed by atoms with E-state index in [2.05, 4.69) is 24.3 Å². The Bertz CT molecular complexity index is 750. The van der Waals surface area contributed by atoms with Crippen LogP contribution in [0.2, 0.25) is 0 Å². The van der Waals surface area contributed by atoms with E-state index in [0.29, 0.717) is 18.8 Å². The molecule has 6 heteroatoms. The summed E-state index contributed by atoms with van der Waals surface area (Å²) in [5.41, 5.74) is 0. The topological polar surface area (TPSA) is 46.6 Å². The van der Waals surface area contributed by atoms with Gasteiger partial charge in [0, 0.05) is 23.7 Å². The molecule has 2 aromatic carbocycles. The maximum atomic E-state index is 12.4. The lowest BCUT2D eigenvalue weighted by Crippen LogP contribution is -2.45. The number of carbonyl (C=O) groups is 2. The van der Waals surface area contributed by atoms with Crippen LogP contribution in [0.15, 0.2) is 47.4 Å². The highest BCUT2D eigenvalue weighted by Crippen LogP contribution is 2.25. The summed E-state index contributed by atoms with van der Waals surface area (Å²) < 4.78 is 4.78. The van der Waals surface area contributed by atoms with E-state index in [1.165, 1.54) is 29.6 Å². The molecule has 0 bridgehead atoms. The number of thioether (sulfide) groups is 2. The molecule has 0 N–H and O–H groups in total. The molecule has 1 fully saturated rings. The van der Waals surface area contributed by atoms with Crippen molar-refractivity contribution in [2.45, 2.75) is 10.1 Å². The van der Waals surface area contributed by atoms with Crippen LogP contribution in [-0.4, -0.2) is 53.7 Å². The molecule has 1 heterocycles. The number of nitrogens with zero attached hydrogens (tertiary/aromatic N) is 1. The van der Waals surface area contributed by atoms with Crippen molar-refractivity contribution in [2.75, 3.05) is 31.7 Å². The van der Waals surface area contributed by atoms with Gasteiger partial charge in [0.25, 0.3) is 0 Å². The fraction of sp³-hybridized carbons (Fsp3) is 0.333. The molecule has 1 amide bonds. The molecule has 1 saturated heterocycles. The van der Waals surface area contributed by atoms with Crippen molar-refractivity contribution in [2.24, 2.45) is 0 Å². The van der Waals surface area contributed by atoms with E-state index >= 15 is 0 Å². The van der Waals surface area contributed by atoms with Crippen LogP contribution in [0.5, 0.6) is 0 Å². The third-order valence-electron chi connectivity index (χ3n) is 3.97. The lowest BCUT2D eigenvalue weighted by Gasteiger charge is -2.30. The second kappa shape index (κ2) is 7.94. The Labute approximate surface area is 149 Å². The van der Waals surface area contributed by atoms with Crippen molar-refractivity contribution in [3.63, 3.8) is 0 Å². The number of fused-ring (bicyclic) bond motifs is 1. The van der Waals surface area contributed by atoms with Crippen LogP contribution in [0.1, 0.15) is 0 Å². The number of ether oxygens (including phenoxy) is 1. The maximum absolute atomic E-state index is 12.4. The summed E-state index contributed by atoms with van der Waals surface area (Å²) >= 11 is 3.10. The van der Waals surface area contributed by atoms with Gasteiger partial charge in [0.2, 0.25) is 5.91 Å². The van der Waals surface area contributed by atoms with Gasteiger partial charge in [-0.25, -0.2) is 0 Å². The molecule has 0 spiro atoms. The van der Waals surface area contributed by atoms with E-state index in [1.54, 1.807) is 16.7 Å². The first-order valence-electron chi connectivity index (χ1n) is 7.76. The van der Waals surface area contributed by atoms with Crippen molar-refractivity contribution in [3.8, 4) is 0 Å². The Balaban J connectivity index is 1.59. The van der Waals surface area contributed by atoms with Crippen LogP contribution in [0, 0.1) is 0 Å². The minimum Gasteiger partial charge on any atom is -0.468 e. The van der Waals surface area contributed by atoms with E-state index < -0.39 is 0 Å². The Morgan fingerprint density at radius 2 is 2.04 bits per heavy atom. The van der Waals surface area contributed by atoms with E-state index in [9.17, 15) is 9.59 Å². The average molecular weight is 361 g/mol. The Morgan fingerprint density at radius 1 is 1.25 bits per heavy atom. The van der Waals surface area contributed by atoms with Crippen LogP contribution in [0.25, 0.3) is 10.8 Å². The SMILES string of the molecule is COC(=O)[C@H]1CN(C(=O)CSc2ccc3ccccc3c2)CCS1. The Morgan fingerprint density at radius 3 is 2.83 bits per heavy atom. The van der Waals surface area contributed by atoms with Crippen molar-refractivity contribution in [3.05, 3.63) is 42.5 Å². The van der Waals surface area contributed by atoms with E-state index in [1.807, 2.05) is 18.2 Å². The number of amides is 1. The quantitative estimate of drug-likeness (QED) is 0.619.